The molecule has 1 aliphatic carbocycles. The first kappa shape index (κ1) is 15.0. The highest BCUT2D eigenvalue weighted by Crippen LogP contribution is 2.25. The van der Waals surface area contributed by atoms with Gasteiger partial charge in [-0.05, 0) is 55.4 Å². The Morgan fingerprint density at radius 2 is 1.90 bits per heavy atom. The minimum Gasteiger partial charge on any atom is -0.310 e. The number of aryl methyl sites for hydroxylation is 1. The first-order valence-corrected chi connectivity index (χ1v) is 9.40. The van der Waals surface area contributed by atoms with Crippen LogP contribution in [0, 0.1) is 0 Å². The van der Waals surface area contributed by atoms with Crippen molar-refractivity contribution >= 4 is 10.0 Å². The fraction of sp³-hybridized carbons (Fsp3) is 0.625. The van der Waals surface area contributed by atoms with Crippen molar-refractivity contribution in [1.29, 1.82) is 0 Å². The van der Waals surface area contributed by atoms with Gasteiger partial charge >= 0.3 is 0 Å². The summed E-state index contributed by atoms with van der Waals surface area (Å²) in [7, 11) is -3.30. The molecule has 0 radical (unpaired) electrons. The van der Waals surface area contributed by atoms with Crippen LogP contribution in [0.5, 0.6) is 0 Å². The number of benzene rings is 1. The fourth-order valence-electron chi connectivity index (χ4n) is 2.89. The van der Waals surface area contributed by atoms with Gasteiger partial charge in [0, 0.05) is 25.7 Å². The van der Waals surface area contributed by atoms with Crippen molar-refractivity contribution in [3.8, 4) is 0 Å². The van der Waals surface area contributed by atoms with Crippen LogP contribution in [0.15, 0.2) is 23.1 Å². The second-order valence-corrected chi connectivity index (χ2v) is 7.99. The second kappa shape index (κ2) is 6.07. The molecule has 4 nitrogen and oxygen atoms in total. The van der Waals surface area contributed by atoms with E-state index in [9.17, 15) is 8.42 Å². The zero-order valence-electron chi connectivity index (χ0n) is 12.6. The summed E-state index contributed by atoms with van der Waals surface area (Å²) in [4.78, 5) is 0.453. The van der Waals surface area contributed by atoms with Crippen LogP contribution in [0.1, 0.15) is 43.7 Å². The normalized spacial score (nSPS) is 20.0. The molecule has 5 heteroatoms. The van der Waals surface area contributed by atoms with Crippen molar-refractivity contribution < 1.29 is 8.42 Å². The van der Waals surface area contributed by atoms with E-state index < -0.39 is 10.0 Å². The predicted octanol–water partition coefficient (Wildman–Crippen LogP) is 2.29. The monoisotopic (exact) mass is 308 g/mol. The largest absolute Gasteiger partial charge is 0.310 e. The Kier molecular flexibility index (Phi) is 4.33. The van der Waals surface area contributed by atoms with Crippen molar-refractivity contribution in [2.75, 3.05) is 13.1 Å². The quantitative estimate of drug-likeness (QED) is 0.877. The topological polar surface area (TPSA) is 49.4 Å². The van der Waals surface area contributed by atoms with Crippen LogP contribution in [0.4, 0.5) is 0 Å². The molecule has 0 aromatic heterocycles. The predicted molar refractivity (Wildman–Crippen MR) is 83.7 cm³/mol. The lowest BCUT2D eigenvalue weighted by molar-refractivity contribution is 0.477. The number of hydrogen-bond donors (Lipinski definition) is 1. The molecule has 1 heterocycles. The van der Waals surface area contributed by atoms with Gasteiger partial charge in [0.15, 0.2) is 0 Å². The average molecular weight is 308 g/mol. The molecule has 0 amide bonds. The van der Waals surface area contributed by atoms with E-state index in [4.69, 9.17) is 0 Å². The third-order valence-electron chi connectivity index (χ3n) is 4.42. The summed E-state index contributed by atoms with van der Waals surface area (Å²) in [6.07, 6.45) is 5.37. The molecule has 0 spiro atoms. The molecule has 1 saturated heterocycles. The Morgan fingerprint density at radius 1 is 1.19 bits per heavy atom. The zero-order chi connectivity index (χ0) is 14.9. The molecule has 116 valence electrons. The summed E-state index contributed by atoms with van der Waals surface area (Å²) in [5.41, 5.74) is 2.37. The maximum atomic E-state index is 12.6. The van der Waals surface area contributed by atoms with Crippen molar-refractivity contribution in [1.82, 2.24) is 9.62 Å². The molecule has 1 aliphatic heterocycles. The third kappa shape index (κ3) is 3.30. The van der Waals surface area contributed by atoms with E-state index in [1.54, 1.807) is 10.4 Å². The van der Waals surface area contributed by atoms with Crippen LogP contribution in [-0.2, 0) is 23.0 Å². The molecule has 1 aromatic carbocycles. The smallest absolute Gasteiger partial charge is 0.243 e. The van der Waals surface area contributed by atoms with Gasteiger partial charge in [0.2, 0.25) is 10.0 Å². The first-order valence-electron chi connectivity index (χ1n) is 7.96. The second-order valence-electron chi connectivity index (χ2n) is 6.05. The Bertz CT molecular complexity index is 603. The molecule has 1 N–H and O–H groups in total. The molecule has 3 rings (SSSR count). The molecule has 0 unspecified atom stereocenters. The van der Waals surface area contributed by atoms with Crippen LogP contribution < -0.4 is 5.32 Å². The zero-order valence-corrected chi connectivity index (χ0v) is 13.5. The van der Waals surface area contributed by atoms with Gasteiger partial charge in [0.1, 0.15) is 0 Å². The molecular formula is C16H24N2O2S. The highest BCUT2D eigenvalue weighted by atomic mass is 32.2. The molecule has 0 atom stereocenters. The Hall–Kier alpha value is -0.910. The summed E-state index contributed by atoms with van der Waals surface area (Å²) >= 11 is 0. The van der Waals surface area contributed by atoms with E-state index in [2.05, 4.69) is 12.2 Å². The molecule has 2 aliphatic rings. The van der Waals surface area contributed by atoms with Crippen LogP contribution in [0.25, 0.3) is 0 Å². The minimum absolute atomic E-state index is 0.453. The maximum absolute atomic E-state index is 12.6. The van der Waals surface area contributed by atoms with E-state index in [1.807, 2.05) is 12.1 Å². The van der Waals surface area contributed by atoms with Crippen LogP contribution in [-0.4, -0.2) is 31.9 Å². The standard InChI is InChI=1S/C16H24N2O2S/c1-2-13-5-8-16(11-14(13)12-17-15-6-7-15)21(19,20)18-9-3-4-10-18/h5,8,11,15,17H,2-4,6-7,9-10,12H2,1H3. The molecule has 2 fully saturated rings. The van der Waals surface area contributed by atoms with Gasteiger partial charge in [-0.25, -0.2) is 8.42 Å². The van der Waals surface area contributed by atoms with E-state index in [1.165, 1.54) is 18.4 Å². The third-order valence-corrected chi connectivity index (χ3v) is 6.31. The first-order chi connectivity index (χ1) is 10.1. The molecule has 0 bridgehead atoms. The Labute approximate surface area is 127 Å². The van der Waals surface area contributed by atoms with Crippen molar-refractivity contribution in [3.05, 3.63) is 29.3 Å². The number of hydrogen-bond acceptors (Lipinski definition) is 3. The number of sulfonamides is 1. The van der Waals surface area contributed by atoms with Gasteiger partial charge in [-0.2, -0.15) is 4.31 Å². The SMILES string of the molecule is CCc1ccc(S(=O)(=O)N2CCCC2)cc1CNC1CC1. The van der Waals surface area contributed by atoms with E-state index in [-0.39, 0.29) is 0 Å². The van der Waals surface area contributed by atoms with E-state index in [0.29, 0.717) is 24.0 Å². The fourth-order valence-corrected chi connectivity index (χ4v) is 4.46. The summed E-state index contributed by atoms with van der Waals surface area (Å²) in [6, 6.07) is 6.26. The summed E-state index contributed by atoms with van der Waals surface area (Å²) < 4.78 is 26.9. The van der Waals surface area contributed by atoms with Crippen molar-refractivity contribution in [2.24, 2.45) is 0 Å². The average Bonchev–Trinajstić information content (AvgIpc) is 3.14. The van der Waals surface area contributed by atoms with Crippen LogP contribution in [0.3, 0.4) is 0 Å². The molecule has 1 saturated carbocycles. The highest BCUT2D eigenvalue weighted by molar-refractivity contribution is 7.89. The lowest BCUT2D eigenvalue weighted by Gasteiger charge is -2.17. The number of nitrogens with one attached hydrogen (secondary N) is 1. The number of rotatable bonds is 6. The van der Waals surface area contributed by atoms with Gasteiger partial charge < -0.3 is 5.32 Å². The Balaban J connectivity index is 1.85. The van der Waals surface area contributed by atoms with Gasteiger partial charge in [-0.15, -0.1) is 0 Å². The van der Waals surface area contributed by atoms with Crippen molar-refractivity contribution in [2.45, 2.75) is 56.5 Å². The summed E-state index contributed by atoms with van der Waals surface area (Å²) in [5, 5.41) is 3.49. The van der Waals surface area contributed by atoms with E-state index >= 15 is 0 Å². The van der Waals surface area contributed by atoms with Gasteiger partial charge in [0.05, 0.1) is 4.90 Å². The van der Waals surface area contributed by atoms with E-state index in [0.717, 1.165) is 31.4 Å². The molecule has 21 heavy (non-hydrogen) atoms. The van der Waals surface area contributed by atoms with Crippen LogP contribution in [0.2, 0.25) is 0 Å². The van der Waals surface area contributed by atoms with Crippen LogP contribution >= 0.6 is 0 Å². The van der Waals surface area contributed by atoms with Gasteiger partial charge in [-0.3, -0.25) is 0 Å². The number of nitrogens with zero attached hydrogens (tertiary/aromatic N) is 1. The summed E-state index contributed by atoms with van der Waals surface area (Å²) in [5.74, 6) is 0. The van der Waals surface area contributed by atoms with Gasteiger partial charge in [-0.1, -0.05) is 13.0 Å². The minimum atomic E-state index is -3.30. The highest BCUT2D eigenvalue weighted by Gasteiger charge is 2.28. The molecular weight excluding hydrogens is 284 g/mol. The van der Waals surface area contributed by atoms with Crippen molar-refractivity contribution in [3.63, 3.8) is 0 Å². The maximum Gasteiger partial charge on any atom is 0.243 e. The lowest BCUT2D eigenvalue weighted by atomic mass is 10.1. The molecule has 1 aromatic rings. The lowest BCUT2D eigenvalue weighted by Crippen LogP contribution is -2.28. The summed E-state index contributed by atoms with van der Waals surface area (Å²) in [6.45, 7) is 4.21. The van der Waals surface area contributed by atoms with Gasteiger partial charge in [0.25, 0.3) is 0 Å². The Morgan fingerprint density at radius 3 is 2.52 bits per heavy atom.